The van der Waals surface area contributed by atoms with Gasteiger partial charge in [-0.15, -0.1) is 0 Å². The lowest BCUT2D eigenvalue weighted by Gasteiger charge is -1.99. The molecule has 0 atom stereocenters. The van der Waals surface area contributed by atoms with Gasteiger partial charge in [0, 0.05) is 9.64 Å². The predicted molar refractivity (Wildman–Crippen MR) is 52.4 cm³/mol. The zero-order valence-corrected chi connectivity index (χ0v) is 8.44. The molecule has 0 N–H and O–H groups in total. The minimum absolute atomic E-state index is 0.0544. The van der Waals surface area contributed by atoms with Gasteiger partial charge in [-0.05, 0) is 28.7 Å². The molecule has 0 aliphatic carbocycles. The number of nitro groups is 1. The molecule has 0 saturated heterocycles. The first-order valence-corrected chi connectivity index (χ1v) is 4.20. The number of benzene rings is 1. The number of halogens is 1. The summed E-state index contributed by atoms with van der Waals surface area (Å²) >= 11 is 2.00. The molecule has 0 spiro atoms. The molecule has 0 bridgehead atoms. The number of nitrogens with zero attached hydrogens (tertiary/aromatic N) is 1. The van der Waals surface area contributed by atoms with E-state index in [2.05, 4.69) is 0 Å². The lowest BCUT2D eigenvalue weighted by atomic mass is 10.3. The van der Waals surface area contributed by atoms with Crippen molar-refractivity contribution in [1.82, 2.24) is 0 Å². The Morgan fingerprint density at radius 3 is 2.67 bits per heavy atom. The standard InChI is InChI=1S/C7H6INO3/c1-12-7-3-5(8)2-6(4-7)9(10)11/h2-4H,1H3. The average Bonchev–Trinajstić information content (AvgIpc) is 2.03. The molecule has 0 aromatic heterocycles. The quantitative estimate of drug-likeness (QED) is 0.474. The van der Waals surface area contributed by atoms with Crippen molar-refractivity contribution in [2.45, 2.75) is 0 Å². The maximum absolute atomic E-state index is 10.4. The van der Waals surface area contributed by atoms with Crippen molar-refractivity contribution in [3.8, 4) is 5.75 Å². The molecule has 0 aliphatic rings. The summed E-state index contributed by atoms with van der Waals surface area (Å²) < 4.78 is 5.67. The van der Waals surface area contributed by atoms with Crippen LogP contribution in [0.3, 0.4) is 0 Å². The van der Waals surface area contributed by atoms with Crippen molar-refractivity contribution in [3.05, 3.63) is 31.9 Å². The van der Waals surface area contributed by atoms with Gasteiger partial charge in [0.15, 0.2) is 0 Å². The number of hydrogen-bond acceptors (Lipinski definition) is 3. The molecule has 1 aromatic rings. The SMILES string of the molecule is COc1cc(I)cc([N+](=O)[O-])c1. The highest BCUT2D eigenvalue weighted by molar-refractivity contribution is 14.1. The molecule has 0 unspecified atom stereocenters. The van der Waals surface area contributed by atoms with Gasteiger partial charge in [-0.3, -0.25) is 10.1 Å². The van der Waals surface area contributed by atoms with Crippen LogP contribution in [0.25, 0.3) is 0 Å². The largest absolute Gasteiger partial charge is 0.496 e. The van der Waals surface area contributed by atoms with Crippen molar-refractivity contribution >= 4 is 28.3 Å². The summed E-state index contributed by atoms with van der Waals surface area (Å²) in [5, 5.41) is 10.4. The van der Waals surface area contributed by atoms with Crippen LogP contribution >= 0.6 is 22.6 Å². The Kier molecular flexibility index (Phi) is 2.85. The normalized spacial score (nSPS) is 9.50. The second-order valence-electron chi connectivity index (χ2n) is 2.11. The fourth-order valence-corrected chi connectivity index (χ4v) is 1.40. The zero-order valence-electron chi connectivity index (χ0n) is 6.28. The van der Waals surface area contributed by atoms with Crippen molar-refractivity contribution < 1.29 is 9.66 Å². The van der Waals surface area contributed by atoms with E-state index in [-0.39, 0.29) is 5.69 Å². The maximum atomic E-state index is 10.4. The van der Waals surface area contributed by atoms with Gasteiger partial charge in [0.2, 0.25) is 0 Å². The van der Waals surface area contributed by atoms with E-state index in [4.69, 9.17) is 4.74 Å². The second-order valence-corrected chi connectivity index (χ2v) is 3.35. The third kappa shape index (κ3) is 2.07. The molecule has 4 nitrogen and oxygen atoms in total. The van der Waals surface area contributed by atoms with Gasteiger partial charge in [-0.2, -0.15) is 0 Å². The van der Waals surface area contributed by atoms with Gasteiger partial charge in [-0.1, -0.05) is 0 Å². The first-order valence-electron chi connectivity index (χ1n) is 3.12. The minimum atomic E-state index is -0.440. The van der Waals surface area contributed by atoms with Crippen LogP contribution in [0.15, 0.2) is 18.2 Å². The Hall–Kier alpha value is -0.850. The molecule has 0 fully saturated rings. The third-order valence-corrected chi connectivity index (χ3v) is 1.93. The summed E-state index contributed by atoms with van der Waals surface area (Å²) in [6.45, 7) is 0. The zero-order chi connectivity index (χ0) is 9.14. The molecule has 12 heavy (non-hydrogen) atoms. The monoisotopic (exact) mass is 279 g/mol. The summed E-state index contributed by atoms with van der Waals surface area (Å²) in [5.74, 6) is 0.508. The number of non-ortho nitro benzene ring substituents is 1. The van der Waals surface area contributed by atoms with Crippen LogP contribution in [0.1, 0.15) is 0 Å². The van der Waals surface area contributed by atoms with Crippen molar-refractivity contribution in [1.29, 1.82) is 0 Å². The number of nitro benzene ring substituents is 1. The third-order valence-electron chi connectivity index (χ3n) is 1.30. The van der Waals surface area contributed by atoms with Gasteiger partial charge in [0.25, 0.3) is 5.69 Å². The first kappa shape index (κ1) is 9.24. The maximum Gasteiger partial charge on any atom is 0.274 e. The predicted octanol–water partition coefficient (Wildman–Crippen LogP) is 2.21. The van der Waals surface area contributed by atoms with E-state index >= 15 is 0 Å². The summed E-state index contributed by atoms with van der Waals surface area (Å²) in [6.07, 6.45) is 0. The molecule has 0 radical (unpaired) electrons. The van der Waals surface area contributed by atoms with E-state index in [0.717, 1.165) is 3.57 Å². The number of ether oxygens (including phenoxy) is 1. The highest BCUT2D eigenvalue weighted by atomic mass is 127. The lowest BCUT2D eigenvalue weighted by Crippen LogP contribution is -1.90. The molecule has 1 aromatic carbocycles. The van der Waals surface area contributed by atoms with Crippen molar-refractivity contribution in [3.63, 3.8) is 0 Å². The van der Waals surface area contributed by atoms with E-state index in [0.29, 0.717) is 5.75 Å². The number of rotatable bonds is 2. The average molecular weight is 279 g/mol. The fourth-order valence-electron chi connectivity index (χ4n) is 0.771. The van der Waals surface area contributed by atoms with E-state index in [9.17, 15) is 10.1 Å². The van der Waals surface area contributed by atoms with Gasteiger partial charge in [0.05, 0.1) is 18.1 Å². The lowest BCUT2D eigenvalue weighted by molar-refractivity contribution is -0.385. The topological polar surface area (TPSA) is 52.4 Å². The Balaban J connectivity index is 3.15. The summed E-state index contributed by atoms with van der Waals surface area (Å²) in [5.41, 5.74) is 0.0544. The van der Waals surface area contributed by atoms with Crippen LogP contribution in [0, 0.1) is 13.7 Å². The highest BCUT2D eigenvalue weighted by Gasteiger charge is 2.08. The van der Waals surface area contributed by atoms with Gasteiger partial charge >= 0.3 is 0 Å². The van der Waals surface area contributed by atoms with E-state index in [1.165, 1.54) is 19.2 Å². The summed E-state index contributed by atoms with van der Waals surface area (Å²) in [7, 11) is 1.48. The fraction of sp³-hybridized carbons (Fsp3) is 0.143. The minimum Gasteiger partial charge on any atom is -0.496 e. The van der Waals surface area contributed by atoms with Gasteiger partial charge in [0.1, 0.15) is 5.75 Å². The molecule has 0 heterocycles. The molecule has 0 saturated carbocycles. The summed E-state index contributed by atoms with van der Waals surface area (Å²) in [4.78, 5) is 9.93. The van der Waals surface area contributed by atoms with E-state index < -0.39 is 4.92 Å². The molecular weight excluding hydrogens is 273 g/mol. The van der Waals surface area contributed by atoms with Crippen LogP contribution in [-0.2, 0) is 0 Å². The second kappa shape index (κ2) is 3.70. The van der Waals surface area contributed by atoms with Crippen molar-refractivity contribution in [2.24, 2.45) is 0 Å². The van der Waals surface area contributed by atoms with Crippen LogP contribution < -0.4 is 4.74 Å². The molecule has 1 rings (SSSR count). The van der Waals surface area contributed by atoms with Gasteiger partial charge < -0.3 is 4.74 Å². The smallest absolute Gasteiger partial charge is 0.274 e. The number of methoxy groups -OCH3 is 1. The van der Waals surface area contributed by atoms with Crippen LogP contribution in [0.4, 0.5) is 5.69 Å². The Labute approximate surface area is 82.8 Å². The summed E-state index contributed by atoms with van der Waals surface area (Å²) in [6, 6.07) is 4.61. The van der Waals surface area contributed by atoms with E-state index in [1.807, 2.05) is 22.6 Å². The first-order chi connectivity index (χ1) is 5.63. The highest BCUT2D eigenvalue weighted by Crippen LogP contribution is 2.23. The Morgan fingerprint density at radius 2 is 2.17 bits per heavy atom. The Morgan fingerprint density at radius 1 is 1.50 bits per heavy atom. The molecular formula is C7H6INO3. The molecule has 0 aliphatic heterocycles. The van der Waals surface area contributed by atoms with Crippen LogP contribution in [0.2, 0.25) is 0 Å². The molecule has 0 amide bonds. The van der Waals surface area contributed by atoms with Crippen molar-refractivity contribution in [2.75, 3.05) is 7.11 Å². The Bertz CT molecular complexity index is 314. The number of hydrogen-bond donors (Lipinski definition) is 0. The van der Waals surface area contributed by atoms with E-state index in [1.54, 1.807) is 6.07 Å². The molecule has 64 valence electrons. The van der Waals surface area contributed by atoms with Crippen LogP contribution in [-0.4, -0.2) is 12.0 Å². The van der Waals surface area contributed by atoms with Crippen LogP contribution in [0.5, 0.6) is 5.75 Å². The van der Waals surface area contributed by atoms with Gasteiger partial charge in [-0.25, -0.2) is 0 Å². The molecule has 5 heteroatoms.